The summed E-state index contributed by atoms with van der Waals surface area (Å²) in [5.74, 6) is -0.501. The van der Waals surface area contributed by atoms with Gasteiger partial charge in [-0.05, 0) is 24.3 Å². The van der Waals surface area contributed by atoms with Gasteiger partial charge in [-0.25, -0.2) is 0 Å². The maximum atomic E-state index is 12.2. The van der Waals surface area contributed by atoms with Crippen LogP contribution < -0.4 is 10.2 Å². The molecule has 0 aliphatic carbocycles. The highest BCUT2D eigenvalue weighted by atomic mass is 35.5. The van der Waals surface area contributed by atoms with E-state index in [1.807, 2.05) is 36.4 Å². The molecule has 2 aromatic rings. The topological polar surface area (TPSA) is 56.1 Å². The SMILES string of the molecule is CN(/C=C(/C#N)C(=O)Nc1ccccc1Cl)c1ccccc1. The molecule has 2 aromatic carbocycles. The lowest BCUT2D eigenvalue weighted by Crippen LogP contribution is -2.18. The van der Waals surface area contributed by atoms with Crippen molar-refractivity contribution in [3.8, 4) is 6.07 Å². The van der Waals surface area contributed by atoms with Gasteiger partial charge in [0.05, 0.1) is 10.7 Å². The summed E-state index contributed by atoms with van der Waals surface area (Å²) in [5.41, 5.74) is 1.34. The van der Waals surface area contributed by atoms with E-state index in [2.05, 4.69) is 5.32 Å². The van der Waals surface area contributed by atoms with E-state index in [-0.39, 0.29) is 5.57 Å². The summed E-state index contributed by atoms with van der Waals surface area (Å²) in [6, 6.07) is 18.2. The number of rotatable bonds is 4. The van der Waals surface area contributed by atoms with E-state index in [0.717, 1.165) is 5.69 Å². The van der Waals surface area contributed by atoms with Gasteiger partial charge >= 0.3 is 0 Å². The second-order valence-electron chi connectivity index (χ2n) is 4.54. The fourth-order valence-corrected chi connectivity index (χ4v) is 2.00. The number of carbonyl (C=O) groups excluding carboxylic acids is 1. The summed E-state index contributed by atoms with van der Waals surface area (Å²) in [4.78, 5) is 13.9. The third kappa shape index (κ3) is 3.87. The number of hydrogen-bond donors (Lipinski definition) is 1. The van der Waals surface area contributed by atoms with Gasteiger partial charge in [0.1, 0.15) is 11.6 Å². The van der Waals surface area contributed by atoms with E-state index in [1.54, 1.807) is 36.2 Å². The number of amides is 1. The van der Waals surface area contributed by atoms with Crippen molar-refractivity contribution in [2.75, 3.05) is 17.3 Å². The molecule has 4 nitrogen and oxygen atoms in total. The number of carbonyl (C=O) groups is 1. The minimum atomic E-state index is -0.501. The van der Waals surface area contributed by atoms with E-state index in [1.165, 1.54) is 6.20 Å². The first-order chi connectivity index (χ1) is 10.6. The highest BCUT2D eigenvalue weighted by Crippen LogP contribution is 2.21. The molecule has 5 heteroatoms. The van der Waals surface area contributed by atoms with Crippen LogP contribution in [0.25, 0.3) is 0 Å². The number of halogens is 1. The average molecular weight is 312 g/mol. The molecule has 0 bridgehead atoms. The average Bonchev–Trinajstić information content (AvgIpc) is 2.55. The van der Waals surface area contributed by atoms with Crippen molar-refractivity contribution in [2.24, 2.45) is 0 Å². The van der Waals surface area contributed by atoms with Crippen molar-refractivity contribution < 1.29 is 4.79 Å². The van der Waals surface area contributed by atoms with Crippen molar-refractivity contribution in [3.63, 3.8) is 0 Å². The first-order valence-electron chi connectivity index (χ1n) is 6.57. The number of para-hydroxylation sites is 2. The van der Waals surface area contributed by atoms with Crippen molar-refractivity contribution in [1.29, 1.82) is 5.26 Å². The monoisotopic (exact) mass is 311 g/mol. The molecule has 0 aliphatic rings. The zero-order valence-electron chi connectivity index (χ0n) is 12.0. The molecule has 0 fully saturated rings. The number of nitriles is 1. The Labute approximate surface area is 134 Å². The molecule has 0 unspecified atom stereocenters. The number of anilines is 2. The lowest BCUT2D eigenvalue weighted by molar-refractivity contribution is -0.112. The summed E-state index contributed by atoms with van der Waals surface area (Å²) in [6.45, 7) is 0. The maximum Gasteiger partial charge on any atom is 0.267 e. The van der Waals surface area contributed by atoms with Gasteiger partial charge in [0.15, 0.2) is 0 Å². The lowest BCUT2D eigenvalue weighted by Gasteiger charge is -2.14. The van der Waals surface area contributed by atoms with Crippen LogP contribution in [0.1, 0.15) is 0 Å². The first kappa shape index (κ1) is 15.6. The van der Waals surface area contributed by atoms with E-state index < -0.39 is 5.91 Å². The van der Waals surface area contributed by atoms with Gasteiger partial charge in [-0.2, -0.15) is 5.26 Å². The van der Waals surface area contributed by atoms with Crippen LogP contribution in [0.3, 0.4) is 0 Å². The Morgan fingerprint density at radius 1 is 1.18 bits per heavy atom. The Balaban J connectivity index is 2.18. The third-order valence-corrected chi connectivity index (χ3v) is 3.30. The third-order valence-electron chi connectivity index (χ3n) is 2.97. The predicted molar refractivity (Wildman–Crippen MR) is 88.6 cm³/mol. The molecule has 0 saturated heterocycles. The van der Waals surface area contributed by atoms with Crippen LogP contribution in [0.15, 0.2) is 66.4 Å². The first-order valence-corrected chi connectivity index (χ1v) is 6.95. The molecule has 110 valence electrons. The smallest absolute Gasteiger partial charge is 0.267 e. The molecule has 0 spiro atoms. The van der Waals surface area contributed by atoms with E-state index >= 15 is 0 Å². The van der Waals surface area contributed by atoms with Crippen LogP contribution in [-0.2, 0) is 4.79 Å². The van der Waals surface area contributed by atoms with Crippen molar-refractivity contribution in [3.05, 3.63) is 71.4 Å². The van der Waals surface area contributed by atoms with Crippen LogP contribution in [0.4, 0.5) is 11.4 Å². The van der Waals surface area contributed by atoms with Gasteiger partial charge in [0.25, 0.3) is 5.91 Å². The van der Waals surface area contributed by atoms with Crippen LogP contribution in [0.2, 0.25) is 5.02 Å². The zero-order chi connectivity index (χ0) is 15.9. The Morgan fingerprint density at radius 3 is 2.45 bits per heavy atom. The van der Waals surface area contributed by atoms with Gasteiger partial charge in [0.2, 0.25) is 0 Å². The van der Waals surface area contributed by atoms with Crippen molar-refractivity contribution >= 4 is 28.9 Å². The summed E-state index contributed by atoms with van der Waals surface area (Å²) < 4.78 is 0. The van der Waals surface area contributed by atoms with Gasteiger partial charge in [0, 0.05) is 18.9 Å². The molecule has 0 saturated carbocycles. The Kier molecular flexibility index (Phi) is 5.18. The summed E-state index contributed by atoms with van der Waals surface area (Å²) in [5, 5.41) is 12.3. The molecule has 22 heavy (non-hydrogen) atoms. The van der Waals surface area contributed by atoms with E-state index in [9.17, 15) is 10.1 Å². The van der Waals surface area contributed by atoms with Gasteiger partial charge in [-0.1, -0.05) is 41.9 Å². The number of hydrogen-bond acceptors (Lipinski definition) is 3. The van der Waals surface area contributed by atoms with Crippen molar-refractivity contribution in [1.82, 2.24) is 0 Å². The van der Waals surface area contributed by atoms with Crippen LogP contribution in [0.5, 0.6) is 0 Å². The normalized spacial score (nSPS) is 10.7. The predicted octanol–water partition coefficient (Wildman–Crippen LogP) is 3.82. The number of benzene rings is 2. The van der Waals surface area contributed by atoms with E-state index in [0.29, 0.717) is 10.7 Å². The second-order valence-corrected chi connectivity index (χ2v) is 4.94. The van der Waals surface area contributed by atoms with Crippen LogP contribution in [0, 0.1) is 11.3 Å². The summed E-state index contributed by atoms with van der Waals surface area (Å²) in [6.07, 6.45) is 1.49. The fourth-order valence-electron chi connectivity index (χ4n) is 1.82. The molecule has 2 rings (SSSR count). The van der Waals surface area contributed by atoms with Gasteiger partial charge < -0.3 is 10.2 Å². The molecule has 0 radical (unpaired) electrons. The fraction of sp³-hybridized carbons (Fsp3) is 0.0588. The Bertz CT molecular complexity index is 735. The summed E-state index contributed by atoms with van der Waals surface area (Å²) in [7, 11) is 1.77. The molecular formula is C17H14ClN3O. The van der Waals surface area contributed by atoms with Crippen LogP contribution >= 0.6 is 11.6 Å². The minimum Gasteiger partial charge on any atom is -0.350 e. The molecule has 1 amide bonds. The molecular weight excluding hydrogens is 298 g/mol. The largest absolute Gasteiger partial charge is 0.350 e. The molecule has 0 atom stereocenters. The number of nitrogens with zero attached hydrogens (tertiary/aromatic N) is 2. The molecule has 0 aromatic heterocycles. The molecule has 0 heterocycles. The van der Waals surface area contributed by atoms with Gasteiger partial charge in [-0.15, -0.1) is 0 Å². The minimum absolute atomic E-state index is 0.00808. The highest BCUT2D eigenvalue weighted by Gasteiger charge is 2.12. The maximum absolute atomic E-state index is 12.2. The Hall–Kier alpha value is -2.77. The highest BCUT2D eigenvalue weighted by molar-refractivity contribution is 6.33. The number of nitrogens with one attached hydrogen (secondary N) is 1. The molecule has 1 N–H and O–H groups in total. The quantitative estimate of drug-likeness (QED) is 0.690. The van der Waals surface area contributed by atoms with Gasteiger partial charge in [-0.3, -0.25) is 4.79 Å². The standard InChI is InChI=1S/C17H14ClN3O/c1-21(14-7-3-2-4-8-14)12-13(11-19)17(22)20-16-10-6-5-9-15(16)18/h2-10,12H,1H3,(H,20,22)/b13-12-. The summed E-state index contributed by atoms with van der Waals surface area (Å²) >= 11 is 5.99. The second kappa shape index (κ2) is 7.30. The van der Waals surface area contributed by atoms with Crippen LogP contribution in [-0.4, -0.2) is 13.0 Å². The van der Waals surface area contributed by atoms with E-state index in [4.69, 9.17) is 11.6 Å². The zero-order valence-corrected chi connectivity index (χ0v) is 12.7. The Morgan fingerprint density at radius 2 is 1.82 bits per heavy atom. The lowest BCUT2D eigenvalue weighted by atomic mass is 10.2. The molecule has 0 aliphatic heterocycles. The van der Waals surface area contributed by atoms with Crippen molar-refractivity contribution in [2.45, 2.75) is 0 Å².